The van der Waals surface area contributed by atoms with E-state index in [9.17, 15) is 10.1 Å². The Kier molecular flexibility index (Phi) is 6.99. The minimum absolute atomic E-state index is 0.0622. The van der Waals surface area contributed by atoms with Crippen molar-refractivity contribution in [2.24, 2.45) is 30.2 Å². The average Bonchev–Trinajstić information content (AvgIpc) is 3.25. The van der Waals surface area contributed by atoms with Crippen LogP contribution < -0.4 is 25.4 Å². The fraction of sp³-hybridized carbons (Fsp3) is 0.567. The smallest absolute Gasteiger partial charge is 0.322 e. The molecule has 43 heavy (non-hydrogen) atoms. The number of carbonyl (C=O) groups excluding carboxylic acids is 1. The minimum atomic E-state index is -0.478. The highest BCUT2D eigenvalue weighted by Gasteiger charge is 2.46. The number of ether oxygens (including phenoxy) is 2. The predicted octanol–water partition coefficient (Wildman–Crippen LogP) is 2.76. The standard InChI is InChI=1S/C30H36N10O3/c1-39-13-23(34-17-39)21-11-24(25(32)33-12-21)42-14-18-2-6-40(7-3-18)28-36-26(27(41)35-22-10-19-8-20(22)9-19)37-29(38-28)43-16-30(15-31)4-5-30/h11-13,17-20,22H,2-10,14,16H2,1H3,(H2,32,33)(H,35,41). The summed E-state index contributed by atoms with van der Waals surface area (Å²) in [4.78, 5) is 37.4. The summed E-state index contributed by atoms with van der Waals surface area (Å²) in [6.07, 6.45) is 12.0. The second-order valence-electron chi connectivity index (χ2n) is 12.6. The van der Waals surface area contributed by atoms with Crippen LogP contribution in [0.3, 0.4) is 0 Å². The molecule has 8 rings (SSSR count). The quantitative estimate of drug-likeness (QED) is 0.359. The van der Waals surface area contributed by atoms with E-state index in [4.69, 9.17) is 15.2 Å². The van der Waals surface area contributed by atoms with Crippen molar-refractivity contribution in [2.45, 2.75) is 51.0 Å². The molecular formula is C30H36N10O3. The van der Waals surface area contributed by atoms with E-state index >= 15 is 0 Å². The molecule has 2 bridgehead atoms. The SMILES string of the molecule is Cn1cnc(-c2cnc(N)c(OCC3CCN(c4nc(OCC5(C#N)CC5)nc(C(=O)NC5CC6CC5C6)n4)CC3)c2)c1. The molecule has 4 saturated carbocycles. The molecule has 0 radical (unpaired) electrons. The van der Waals surface area contributed by atoms with E-state index in [2.05, 4.69) is 41.2 Å². The van der Waals surface area contributed by atoms with Crippen molar-refractivity contribution in [2.75, 3.05) is 36.9 Å². The van der Waals surface area contributed by atoms with E-state index in [-0.39, 0.29) is 30.4 Å². The monoisotopic (exact) mass is 584 g/mol. The Morgan fingerprint density at radius 2 is 1.98 bits per heavy atom. The molecule has 224 valence electrons. The Bertz CT molecular complexity index is 1550. The van der Waals surface area contributed by atoms with Gasteiger partial charge in [0, 0.05) is 44.1 Å². The lowest BCUT2D eigenvalue weighted by atomic mass is 9.84. The summed E-state index contributed by atoms with van der Waals surface area (Å²) in [5, 5.41) is 12.6. The second kappa shape index (κ2) is 11.0. The van der Waals surface area contributed by atoms with Gasteiger partial charge in [0.25, 0.3) is 5.91 Å². The molecule has 1 amide bonds. The third-order valence-corrected chi connectivity index (χ3v) is 9.37. The zero-order valence-corrected chi connectivity index (χ0v) is 24.3. The summed E-state index contributed by atoms with van der Waals surface area (Å²) in [7, 11) is 1.92. The maximum Gasteiger partial charge on any atom is 0.322 e. The molecule has 5 aliphatic rings. The van der Waals surface area contributed by atoms with Gasteiger partial charge < -0.3 is 30.0 Å². The lowest BCUT2D eigenvalue weighted by Gasteiger charge is -2.32. The normalized spacial score (nSPS) is 23.7. The van der Waals surface area contributed by atoms with Crippen LogP contribution in [-0.4, -0.2) is 67.7 Å². The number of nitrogens with one attached hydrogen (secondary N) is 1. The number of pyridine rings is 1. The van der Waals surface area contributed by atoms with Crippen LogP contribution in [0.15, 0.2) is 24.8 Å². The molecule has 3 aromatic heterocycles. The van der Waals surface area contributed by atoms with Crippen molar-refractivity contribution < 1.29 is 14.3 Å². The molecule has 1 unspecified atom stereocenters. The van der Waals surface area contributed by atoms with Crippen LogP contribution in [0.4, 0.5) is 11.8 Å². The van der Waals surface area contributed by atoms with Gasteiger partial charge in [0.2, 0.25) is 11.8 Å². The van der Waals surface area contributed by atoms with Gasteiger partial charge in [0.1, 0.15) is 6.61 Å². The van der Waals surface area contributed by atoms with Gasteiger partial charge in [-0.05, 0) is 68.8 Å². The average molecular weight is 585 g/mol. The van der Waals surface area contributed by atoms with E-state index < -0.39 is 5.41 Å². The van der Waals surface area contributed by atoms with E-state index in [0.717, 1.165) is 49.3 Å². The van der Waals surface area contributed by atoms with Gasteiger partial charge in [-0.25, -0.2) is 9.97 Å². The number of nitrogens with two attached hydrogens (primary N) is 1. The fourth-order valence-corrected chi connectivity index (χ4v) is 6.34. The number of nitrogens with zero attached hydrogens (tertiary/aromatic N) is 8. The molecule has 13 heteroatoms. The number of piperidine rings is 1. The number of nitrogen functional groups attached to an aromatic ring is 1. The number of nitriles is 1. The number of rotatable bonds is 10. The summed E-state index contributed by atoms with van der Waals surface area (Å²) in [6.45, 7) is 2.09. The van der Waals surface area contributed by atoms with Crippen molar-refractivity contribution in [1.82, 2.24) is 34.8 Å². The number of hydrogen-bond donors (Lipinski definition) is 2. The van der Waals surface area contributed by atoms with Gasteiger partial charge >= 0.3 is 6.01 Å². The number of hydrogen-bond acceptors (Lipinski definition) is 11. The zero-order chi connectivity index (χ0) is 29.6. The Morgan fingerprint density at radius 1 is 1.16 bits per heavy atom. The molecule has 0 spiro atoms. The summed E-state index contributed by atoms with van der Waals surface area (Å²) >= 11 is 0. The first kappa shape index (κ1) is 27.4. The Hall–Kier alpha value is -4.47. The number of imidazole rings is 1. The van der Waals surface area contributed by atoms with Gasteiger partial charge in [0.05, 0.1) is 30.1 Å². The maximum atomic E-state index is 13.2. The van der Waals surface area contributed by atoms with Crippen LogP contribution in [0.25, 0.3) is 11.3 Å². The highest BCUT2D eigenvalue weighted by Crippen LogP contribution is 2.48. The largest absolute Gasteiger partial charge is 0.489 e. The van der Waals surface area contributed by atoms with Crippen molar-refractivity contribution >= 4 is 17.7 Å². The van der Waals surface area contributed by atoms with Crippen LogP contribution in [0, 0.1) is 34.5 Å². The highest BCUT2D eigenvalue weighted by molar-refractivity contribution is 5.91. The first-order chi connectivity index (χ1) is 20.9. The summed E-state index contributed by atoms with van der Waals surface area (Å²) in [6, 6.07) is 4.48. The molecule has 13 nitrogen and oxygen atoms in total. The molecule has 1 aliphatic heterocycles. The van der Waals surface area contributed by atoms with Gasteiger partial charge in [0.15, 0.2) is 11.6 Å². The number of carbonyl (C=O) groups is 1. The number of amides is 1. The summed E-state index contributed by atoms with van der Waals surface area (Å²) < 4.78 is 13.9. The zero-order valence-electron chi connectivity index (χ0n) is 24.3. The van der Waals surface area contributed by atoms with Gasteiger partial charge in [-0.3, -0.25) is 4.79 Å². The van der Waals surface area contributed by atoms with Crippen LogP contribution in [0.5, 0.6) is 11.8 Å². The molecule has 4 aliphatic carbocycles. The van der Waals surface area contributed by atoms with Crippen LogP contribution in [0.2, 0.25) is 0 Å². The second-order valence-corrected chi connectivity index (χ2v) is 12.6. The fourth-order valence-electron chi connectivity index (χ4n) is 6.34. The van der Waals surface area contributed by atoms with Crippen molar-refractivity contribution in [1.29, 1.82) is 5.26 Å². The number of anilines is 2. The van der Waals surface area contributed by atoms with Crippen LogP contribution >= 0.6 is 0 Å². The maximum absolute atomic E-state index is 13.2. The van der Waals surface area contributed by atoms with Gasteiger partial charge in [-0.15, -0.1) is 0 Å². The third kappa shape index (κ3) is 5.78. The van der Waals surface area contributed by atoms with Crippen molar-refractivity contribution in [3.63, 3.8) is 0 Å². The molecule has 3 N–H and O–H groups in total. The van der Waals surface area contributed by atoms with E-state index in [1.54, 1.807) is 12.5 Å². The van der Waals surface area contributed by atoms with Gasteiger partial charge in [-0.1, -0.05) is 0 Å². The van der Waals surface area contributed by atoms with E-state index in [1.165, 1.54) is 12.8 Å². The molecule has 5 fully saturated rings. The van der Waals surface area contributed by atoms with Crippen LogP contribution in [-0.2, 0) is 7.05 Å². The lowest BCUT2D eigenvalue weighted by Crippen LogP contribution is -2.39. The molecular weight excluding hydrogens is 548 g/mol. The lowest BCUT2D eigenvalue weighted by molar-refractivity contribution is 0.0915. The third-order valence-electron chi connectivity index (χ3n) is 9.37. The van der Waals surface area contributed by atoms with Crippen molar-refractivity contribution in [3.8, 4) is 29.1 Å². The number of fused-ring (bicyclic) bond motifs is 1. The topological polar surface area (TPSA) is 170 Å². The molecule has 1 saturated heterocycles. The summed E-state index contributed by atoms with van der Waals surface area (Å²) in [5.41, 5.74) is 7.29. The Labute approximate surface area is 249 Å². The number of aryl methyl sites for hydroxylation is 1. The Balaban J connectivity index is 1.000. The first-order valence-electron chi connectivity index (χ1n) is 15.1. The van der Waals surface area contributed by atoms with E-state index in [1.807, 2.05) is 23.9 Å². The first-order valence-corrected chi connectivity index (χ1v) is 15.1. The summed E-state index contributed by atoms with van der Waals surface area (Å²) in [5.74, 6) is 2.66. The highest BCUT2D eigenvalue weighted by atomic mass is 16.5. The van der Waals surface area contributed by atoms with Crippen LogP contribution in [0.1, 0.15) is 55.6 Å². The predicted molar refractivity (Wildman–Crippen MR) is 156 cm³/mol. The number of aromatic nitrogens is 6. The van der Waals surface area contributed by atoms with Crippen molar-refractivity contribution in [3.05, 3.63) is 30.6 Å². The van der Waals surface area contributed by atoms with E-state index in [0.29, 0.717) is 49.0 Å². The van der Waals surface area contributed by atoms with Gasteiger partial charge in [-0.2, -0.15) is 20.2 Å². The Morgan fingerprint density at radius 3 is 2.65 bits per heavy atom. The molecule has 1 atom stereocenters. The molecule has 3 aromatic rings. The molecule has 0 aromatic carbocycles. The minimum Gasteiger partial charge on any atom is -0.489 e. The molecule has 4 heterocycles.